The number of nitrogens with one attached hydrogen (secondary N) is 2. The van der Waals surface area contributed by atoms with Crippen molar-refractivity contribution >= 4 is 5.91 Å². The van der Waals surface area contributed by atoms with Crippen molar-refractivity contribution in [2.75, 3.05) is 20.1 Å². The Hall–Kier alpha value is -1.46. The van der Waals surface area contributed by atoms with E-state index in [1.54, 1.807) is 12.1 Å². The summed E-state index contributed by atoms with van der Waals surface area (Å²) in [7, 11) is 1.82. The Balaban J connectivity index is 2.57. The summed E-state index contributed by atoms with van der Waals surface area (Å²) in [4.78, 5) is 15.4. The average molecular weight is 209 g/mol. The highest BCUT2D eigenvalue weighted by atomic mass is 16.3. The maximum absolute atomic E-state index is 11.5. The van der Waals surface area contributed by atoms with E-state index >= 15 is 0 Å². The summed E-state index contributed by atoms with van der Waals surface area (Å²) in [6.07, 6.45) is 1.51. The number of aliphatic hydroxyl groups is 1. The Morgan fingerprint density at radius 1 is 1.53 bits per heavy atom. The zero-order valence-corrected chi connectivity index (χ0v) is 8.66. The summed E-state index contributed by atoms with van der Waals surface area (Å²) in [5, 5.41) is 14.5. The van der Waals surface area contributed by atoms with E-state index in [1.807, 2.05) is 7.05 Å². The normalized spacial score (nSPS) is 10.0. The fourth-order valence-electron chi connectivity index (χ4n) is 1.09. The van der Waals surface area contributed by atoms with E-state index in [9.17, 15) is 4.79 Å². The van der Waals surface area contributed by atoms with E-state index in [0.717, 1.165) is 0 Å². The summed E-state index contributed by atoms with van der Waals surface area (Å²) < 4.78 is 0. The molecule has 0 saturated carbocycles. The molecule has 0 unspecified atom stereocenters. The third-order valence-corrected chi connectivity index (χ3v) is 1.90. The topological polar surface area (TPSA) is 74.2 Å². The summed E-state index contributed by atoms with van der Waals surface area (Å²) >= 11 is 0. The first-order chi connectivity index (χ1) is 7.27. The van der Waals surface area contributed by atoms with Crippen LogP contribution in [0.25, 0.3) is 0 Å². The molecule has 0 bridgehead atoms. The first-order valence-corrected chi connectivity index (χ1v) is 4.76. The number of aliphatic hydroxyl groups excluding tert-OH is 1. The second-order valence-corrected chi connectivity index (χ2v) is 3.07. The average Bonchev–Trinajstić information content (AvgIpc) is 2.29. The molecule has 1 aromatic heterocycles. The molecule has 1 heterocycles. The van der Waals surface area contributed by atoms with Crippen LogP contribution < -0.4 is 10.6 Å². The van der Waals surface area contributed by atoms with Gasteiger partial charge < -0.3 is 15.7 Å². The molecule has 15 heavy (non-hydrogen) atoms. The second-order valence-electron chi connectivity index (χ2n) is 3.07. The van der Waals surface area contributed by atoms with Crippen LogP contribution in [-0.4, -0.2) is 36.1 Å². The van der Waals surface area contributed by atoms with Gasteiger partial charge in [-0.3, -0.25) is 9.78 Å². The van der Waals surface area contributed by atoms with E-state index in [4.69, 9.17) is 5.11 Å². The first kappa shape index (κ1) is 11.6. The van der Waals surface area contributed by atoms with Crippen LogP contribution in [0.3, 0.4) is 0 Å². The molecule has 0 aromatic carbocycles. The van der Waals surface area contributed by atoms with Gasteiger partial charge in [-0.25, -0.2) is 0 Å². The second kappa shape index (κ2) is 6.10. The highest BCUT2D eigenvalue weighted by Crippen LogP contribution is 2.01. The Bertz CT molecular complexity index is 328. The number of nitrogens with zero attached hydrogens (tertiary/aromatic N) is 1. The predicted octanol–water partition coefficient (Wildman–Crippen LogP) is -0.477. The molecule has 82 valence electrons. The molecule has 1 amide bonds. The van der Waals surface area contributed by atoms with Crippen LogP contribution in [0, 0.1) is 0 Å². The van der Waals surface area contributed by atoms with Crippen LogP contribution in [0.4, 0.5) is 0 Å². The molecule has 0 aliphatic carbocycles. The molecule has 0 aliphatic rings. The van der Waals surface area contributed by atoms with Gasteiger partial charge in [0.25, 0.3) is 5.91 Å². The van der Waals surface area contributed by atoms with Gasteiger partial charge in [0.2, 0.25) is 0 Å². The van der Waals surface area contributed by atoms with Gasteiger partial charge in [-0.1, -0.05) is 0 Å². The predicted molar refractivity (Wildman–Crippen MR) is 56.4 cm³/mol. The van der Waals surface area contributed by atoms with Gasteiger partial charge in [0.15, 0.2) is 0 Å². The number of rotatable bonds is 5. The first-order valence-electron chi connectivity index (χ1n) is 4.76. The molecule has 0 radical (unpaired) electrons. The molecule has 3 N–H and O–H groups in total. The zero-order chi connectivity index (χ0) is 11.1. The minimum atomic E-state index is -0.222. The van der Waals surface area contributed by atoms with Crippen LogP contribution in [0.1, 0.15) is 16.1 Å². The van der Waals surface area contributed by atoms with Gasteiger partial charge in [-0.2, -0.15) is 0 Å². The van der Waals surface area contributed by atoms with Gasteiger partial charge >= 0.3 is 0 Å². The molecule has 0 fully saturated rings. The number of carbonyl (C=O) groups is 1. The molecule has 0 saturated heterocycles. The molecule has 0 spiro atoms. The Morgan fingerprint density at radius 3 is 3.00 bits per heavy atom. The quantitative estimate of drug-likeness (QED) is 0.573. The van der Waals surface area contributed by atoms with Gasteiger partial charge in [-0.15, -0.1) is 0 Å². The molecule has 0 atom stereocenters. The number of carbonyl (C=O) groups excluding carboxylic acids is 1. The van der Waals surface area contributed by atoms with E-state index < -0.39 is 0 Å². The van der Waals surface area contributed by atoms with Gasteiger partial charge in [-0.05, 0) is 24.7 Å². The maximum Gasteiger partial charge on any atom is 0.269 e. The van der Waals surface area contributed by atoms with Crippen molar-refractivity contribution in [1.82, 2.24) is 15.6 Å². The van der Waals surface area contributed by atoms with Crippen molar-refractivity contribution in [2.24, 2.45) is 0 Å². The molecule has 1 rings (SSSR count). The standard InChI is InChI=1S/C10H15N3O2/c1-11-4-5-13-10(15)9-6-8(7-14)2-3-12-9/h2-3,6,11,14H,4-5,7H2,1H3,(H,13,15). The minimum absolute atomic E-state index is 0.0840. The van der Waals surface area contributed by atoms with Crippen molar-refractivity contribution in [3.8, 4) is 0 Å². The third kappa shape index (κ3) is 3.65. The maximum atomic E-state index is 11.5. The lowest BCUT2D eigenvalue weighted by atomic mass is 10.2. The van der Waals surface area contributed by atoms with Crippen molar-refractivity contribution < 1.29 is 9.90 Å². The molecule has 0 aliphatic heterocycles. The molecular weight excluding hydrogens is 194 g/mol. The Morgan fingerprint density at radius 2 is 2.33 bits per heavy atom. The number of hydrogen-bond acceptors (Lipinski definition) is 4. The summed E-state index contributed by atoms with van der Waals surface area (Å²) in [5.74, 6) is -0.222. The van der Waals surface area contributed by atoms with E-state index in [-0.39, 0.29) is 12.5 Å². The van der Waals surface area contributed by atoms with Gasteiger partial charge in [0, 0.05) is 19.3 Å². The van der Waals surface area contributed by atoms with Crippen molar-refractivity contribution in [2.45, 2.75) is 6.61 Å². The lowest BCUT2D eigenvalue weighted by Crippen LogP contribution is -2.30. The number of likely N-dealkylation sites (N-methyl/N-ethyl adjacent to an activating group) is 1. The summed E-state index contributed by atoms with van der Waals surface area (Å²) in [5.41, 5.74) is 1.02. The Kier molecular flexibility index (Phi) is 4.73. The van der Waals surface area contributed by atoms with Crippen LogP contribution in [0.15, 0.2) is 18.3 Å². The van der Waals surface area contributed by atoms with Crippen LogP contribution in [0.5, 0.6) is 0 Å². The fraction of sp³-hybridized carbons (Fsp3) is 0.400. The van der Waals surface area contributed by atoms with Gasteiger partial charge in [0.05, 0.1) is 6.61 Å². The van der Waals surface area contributed by atoms with E-state index in [0.29, 0.717) is 24.3 Å². The monoisotopic (exact) mass is 209 g/mol. The van der Waals surface area contributed by atoms with Crippen LogP contribution in [0.2, 0.25) is 0 Å². The van der Waals surface area contributed by atoms with E-state index in [1.165, 1.54) is 6.20 Å². The number of hydrogen-bond donors (Lipinski definition) is 3. The lowest BCUT2D eigenvalue weighted by Gasteiger charge is -2.04. The third-order valence-electron chi connectivity index (χ3n) is 1.90. The zero-order valence-electron chi connectivity index (χ0n) is 8.66. The fourth-order valence-corrected chi connectivity index (χ4v) is 1.09. The SMILES string of the molecule is CNCCNC(=O)c1cc(CO)ccn1. The largest absolute Gasteiger partial charge is 0.392 e. The Labute approximate surface area is 88.5 Å². The minimum Gasteiger partial charge on any atom is -0.392 e. The number of pyridine rings is 1. The van der Waals surface area contributed by atoms with Gasteiger partial charge in [0.1, 0.15) is 5.69 Å². The van der Waals surface area contributed by atoms with Crippen LogP contribution in [-0.2, 0) is 6.61 Å². The lowest BCUT2D eigenvalue weighted by molar-refractivity contribution is 0.0949. The van der Waals surface area contributed by atoms with Crippen molar-refractivity contribution in [3.05, 3.63) is 29.6 Å². The summed E-state index contributed by atoms with van der Waals surface area (Å²) in [6.45, 7) is 1.19. The molecular formula is C10H15N3O2. The van der Waals surface area contributed by atoms with Crippen LogP contribution >= 0.6 is 0 Å². The van der Waals surface area contributed by atoms with Crippen molar-refractivity contribution in [1.29, 1.82) is 0 Å². The number of aromatic nitrogens is 1. The molecule has 5 heteroatoms. The van der Waals surface area contributed by atoms with E-state index in [2.05, 4.69) is 15.6 Å². The smallest absolute Gasteiger partial charge is 0.269 e. The number of amides is 1. The molecule has 5 nitrogen and oxygen atoms in total. The molecule has 1 aromatic rings. The van der Waals surface area contributed by atoms with Crippen molar-refractivity contribution in [3.63, 3.8) is 0 Å². The summed E-state index contributed by atoms with van der Waals surface area (Å²) in [6, 6.07) is 3.25. The highest BCUT2D eigenvalue weighted by Gasteiger charge is 2.06. The highest BCUT2D eigenvalue weighted by molar-refractivity contribution is 5.92.